The van der Waals surface area contributed by atoms with Gasteiger partial charge in [-0.25, -0.2) is 0 Å². The number of carbonyl (C=O) groups excluding carboxylic acids is 1. The van der Waals surface area contributed by atoms with Gasteiger partial charge >= 0.3 is 0 Å². The lowest BCUT2D eigenvalue weighted by molar-refractivity contribution is 0.112. The van der Waals surface area contributed by atoms with Crippen molar-refractivity contribution in [3.05, 3.63) is 31.4 Å². The van der Waals surface area contributed by atoms with Gasteiger partial charge in [-0.3, -0.25) is 4.79 Å². The Kier molecular flexibility index (Phi) is 4.01. The third-order valence-electron chi connectivity index (χ3n) is 2.65. The molecular weight excluding hydrogens is 307 g/mol. The zero-order valence-electron chi connectivity index (χ0n) is 8.52. The van der Waals surface area contributed by atoms with Crippen molar-refractivity contribution in [3.63, 3.8) is 0 Å². The highest BCUT2D eigenvalue weighted by atomic mass is 127. The third-order valence-corrected chi connectivity index (χ3v) is 4.58. The molecule has 0 N–H and O–H groups in total. The zero-order chi connectivity index (χ0) is 10.9. The van der Waals surface area contributed by atoms with E-state index < -0.39 is 0 Å². The van der Waals surface area contributed by atoms with Gasteiger partial charge in [0.25, 0.3) is 0 Å². The Hall–Kier alpha value is -0.0300. The van der Waals surface area contributed by atoms with Gasteiger partial charge in [0.2, 0.25) is 0 Å². The molecule has 0 saturated heterocycles. The summed E-state index contributed by atoms with van der Waals surface area (Å²) in [6.45, 7) is 6.07. The van der Waals surface area contributed by atoms with E-state index in [9.17, 15) is 4.79 Å². The fourth-order valence-electron chi connectivity index (χ4n) is 1.67. The second kappa shape index (κ2) is 4.66. The van der Waals surface area contributed by atoms with Crippen molar-refractivity contribution in [2.45, 2.75) is 26.5 Å². The molecule has 0 heterocycles. The molecule has 0 aliphatic carbocycles. The van der Waals surface area contributed by atoms with Crippen molar-refractivity contribution in [1.29, 1.82) is 0 Å². The van der Waals surface area contributed by atoms with Crippen LogP contribution in [-0.4, -0.2) is 6.29 Å². The van der Waals surface area contributed by atoms with Gasteiger partial charge in [-0.05, 0) is 65.6 Å². The summed E-state index contributed by atoms with van der Waals surface area (Å²) in [5, 5.41) is 0. The highest BCUT2D eigenvalue weighted by molar-refractivity contribution is 14.1. The number of halogens is 1. The van der Waals surface area contributed by atoms with Crippen LogP contribution in [0.1, 0.15) is 32.6 Å². The number of carbonyl (C=O) groups is 1. The monoisotopic (exact) mass is 320 g/mol. The number of hydrogen-bond donors (Lipinski definition) is 1. The van der Waals surface area contributed by atoms with Crippen LogP contribution in [0.2, 0.25) is 0 Å². The van der Waals surface area contributed by atoms with Gasteiger partial charge in [-0.2, -0.15) is 12.6 Å². The molecule has 0 bridgehead atoms. The van der Waals surface area contributed by atoms with E-state index in [-0.39, 0.29) is 0 Å². The summed E-state index contributed by atoms with van der Waals surface area (Å²) < 4.78 is 1.18. The van der Waals surface area contributed by atoms with Gasteiger partial charge in [-0.15, -0.1) is 0 Å². The molecule has 1 nitrogen and oxygen atoms in total. The molecule has 0 radical (unpaired) electrons. The molecule has 14 heavy (non-hydrogen) atoms. The summed E-state index contributed by atoms with van der Waals surface area (Å²) in [6.07, 6.45) is 0.944. The van der Waals surface area contributed by atoms with Crippen molar-refractivity contribution < 1.29 is 4.79 Å². The lowest BCUT2D eigenvalue weighted by Crippen LogP contribution is -2.03. The van der Waals surface area contributed by atoms with Crippen LogP contribution < -0.4 is 0 Å². The fourth-order valence-corrected chi connectivity index (χ4v) is 2.76. The average Bonchev–Trinajstić information content (AvgIpc) is 2.16. The van der Waals surface area contributed by atoms with Crippen molar-refractivity contribution in [2.75, 3.05) is 0 Å². The quantitative estimate of drug-likeness (QED) is 0.502. The first-order valence-corrected chi connectivity index (χ1v) is 6.09. The molecule has 0 amide bonds. The van der Waals surface area contributed by atoms with Gasteiger partial charge in [0.05, 0.1) is 0 Å². The van der Waals surface area contributed by atoms with Crippen LogP contribution in [0, 0.1) is 24.3 Å². The van der Waals surface area contributed by atoms with E-state index in [0.717, 1.165) is 23.0 Å². The molecule has 1 rings (SSSR count). The van der Waals surface area contributed by atoms with E-state index in [1.54, 1.807) is 0 Å². The van der Waals surface area contributed by atoms with E-state index in [4.69, 9.17) is 0 Å². The zero-order valence-corrected chi connectivity index (χ0v) is 11.6. The van der Waals surface area contributed by atoms with Gasteiger partial charge in [-0.1, -0.05) is 0 Å². The topological polar surface area (TPSA) is 17.1 Å². The van der Waals surface area contributed by atoms with E-state index in [1.807, 2.05) is 13.8 Å². The highest BCUT2D eigenvalue weighted by Crippen LogP contribution is 2.28. The predicted molar refractivity (Wildman–Crippen MR) is 71.4 cm³/mol. The summed E-state index contributed by atoms with van der Waals surface area (Å²) >= 11 is 6.59. The molecular formula is C11H13IOS. The van der Waals surface area contributed by atoms with Crippen LogP contribution in [0.25, 0.3) is 0 Å². The molecule has 0 atom stereocenters. The summed E-state index contributed by atoms with van der Waals surface area (Å²) in [5.74, 6) is 0.689. The van der Waals surface area contributed by atoms with E-state index in [0.29, 0.717) is 5.75 Å². The Morgan fingerprint density at radius 3 is 2.21 bits per heavy atom. The van der Waals surface area contributed by atoms with Gasteiger partial charge < -0.3 is 0 Å². The maximum absolute atomic E-state index is 11.0. The Morgan fingerprint density at radius 2 is 1.79 bits per heavy atom. The molecule has 0 fully saturated rings. The molecule has 76 valence electrons. The lowest BCUT2D eigenvalue weighted by atomic mass is 9.95. The average molecular weight is 320 g/mol. The number of thiol groups is 1. The lowest BCUT2D eigenvalue weighted by Gasteiger charge is -2.15. The van der Waals surface area contributed by atoms with Crippen molar-refractivity contribution in [2.24, 2.45) is 0 Å². The number of rotatable bonds is 2. The van der Waals surface area contributed by atoms with Gasteiger partial charge in [0.1, 0.15) is 0 Å². The Bertz CT molecular complexity index is 386. The number of aldehydes is 1. The van der Waals surface area contributed by atoms with Crippen LogP contribution in [0.15, 0.2) is 0 Å². The van der Waals surface area contributed by atoms with Gasteiger partial charge in [0, 0.05) is 14.9 Å². The van der Waals surface area contributed by atoms with Crippen molar-refractivity contribution in [1.82, 2.24) is 0 Å². The predicted octanol–water partition coefficient (Wildman–Crippen LogP) is 3.46. The summed E-state index contributed by atoms with van der Waals surface area (Å²) in [4.78, 5) is 11.0. The molecule has 1 aromatic carbocycles. The van der Waals surface area contributed by atoms with Crippen molar-refractivity contribution >= 4 is 41.5 Å². The second-order valence-corrected chi connectivity index (χ2v) is 4.75. The first-order chi connectivity index (χ1) is 6.54. The van der Waals surface area contributed by atoms with E-state index in [1.165, 1.54) is 14.7 Å². The van der Waals surface area contributed by atoms with Crippen LogP contribution >= 0.6 is 35.2 Å². The first-order valence-electron chi connectivity index (χ1n) is 4.38. The fraction of sp³-hybridized carbons (Fsp3) is 0.364. The van der Waals surface area contributed by atoms with Crippen LogP contribution in [0.3, 0.4) is 0 Å². The SMILES string of the molecule is Cc1c(I)c(C)c(CS)c(C)c1C=O. The molecule has 0 aromatic heterocycles. The Morgan fingerprint density at radius 1 is 1.21 bits per heavy atom. The molecule has 1 aromatic rings. The smallest absolute Gasteiger partial charge is 0.150 e. The van der Waals surface area contributed by atoms with Crippen LogP contribution in [-0.2, 0) is 5.75 Å². The largest absolute Gasteiger partial charge is 0.298 e. The summed E-state index contributed by atoms with van der Waals surface area (Å²) in [6, 6.07) is 0. The second-order valence-electron chi connectivity index (χ2n) is 3.36. The van der Waals surface area contributed by atoms with Crippen LogP contribution in [0.4, 0.5) is 0 Å². The molecule has 0 unspecified atom stereocenters. The molecule has 3 heteroatoms. The van der Waals surface area contributed by atoms with E-state index in [2.05, 4.69) is 42.1 Å². The maximum atomic E-state index is 11.0. The van der Waals surface area contributed by atoms with Crippen molar-refractivity contribution in [3.8, 4) is 0 Å². The Balaban J connectivity index is 3.64. The first kappa shape index (κ1) is 12.0. The minimum atomic E-state index is 0.689. The third kappa shape index (κ3) is 1.84. The van der Waals surface area contributed by atoms with Crippen LogP contribution in [0.5, 0.6) is 0 Å². The number of hydrogen-bond acceptors (Lipinski definition) is 2. The number of benzene rings is 1. The summed E-state index contributed by atoms with van der Waals surface area (Å²) in [7, 11) is 0. The molecule has 0 spiro atoms. The standard InChI is InChI=1S/C11H13IOS/c1-6-9(4-13)7(2)11(12)8(3)10(6)5-14/h4,14H,5H2,1-3H3. The Labute approximate surface area is 104 Å². The summed E-state index contributed by atoms with van der Waals surface area (Å²) in [5.41, 5.74) is 5.42. The minimum Gasteiger partial charge on any atom is -0.298 e. The molecule has 0 saturated carbocycles. The highest BCUT2D eigenvalue weighted by Gasteiger charge is 2.13. The minimum absolute atomic E-state index is 0.689. The molecule has 0 aliphatic heterocycles. The van der Waals surface area contributed by atoms with Gasteiger partial charge in [0.15, 0.2) is 6.29 Å². The molecule has 0 aliphatic rings. The van der Waals surface area contributed by atoms with E-state index >= 15 is 0 Å². The normalized spacial score (nSPS) is 10.4. The maximum Gasteiger partial charge on any atom is 0.150 e.